The van der Waals surface area contributed by atoms with E-state index in [0.29, 0.717) is 19.0 Å². The monoisotopic (exact) mass is 370 g/mol. The number of morpholine rings is 1. The molecular weight excluding hydrogens is 348 g/mol. The molecule has 2 heterocycles. The molecule has 1 N–H and O–H groups in total. The number of nitrogens with zero attached hydrogens (tertiary/aromatic N) is 4. The number of carbonyl (C=O) groups is 2. The summed E-state index contributed by atoms with van der Waals surface area (Å²) in [6.07, 6.45) is 3.07. The van der Waals surface area contributed by atoms with Crippen molar-refractivity contribution in [2.45, 2.75) is 32.6 Å². The Kier molecular flexibility index (Phi) is 5.66. The van der Waals surface area contributed by atoms with Gasteiger partial charge in [0, 0.05) is 25.5 Å². The molecule has 1 fully saturated rings. The second-order valence-electron chi connectivity index (χ2n) is 6.58. The molecule has 8 heteroatoms. The Labute approximate surface area is 157 Å². The number of urea groups is 1. The number of ether oxygens (including phenoxy) is 1. The molecule has 8 nitrogen and oxygen atoms in total. The minimum atomic E-state index is -0.989. The summed E-state index contributed by atoms with van der Waals surface area (Å²) in [5.74, 6) is -0.686. The van der Waals surface area contributed by atoms with Crippen LogP contribution in [0.3, 0.4) is 0 Å². The van der Waals surface area contributed by atoms with Crippen LogP contribution in [0.25, 0.3) is 0 Å². The fraction of sp³-hybridized carbons (Fsp3) is 0.368. The number of amides is 2. The third kappa shape index (κ3) is 4.59. The topological polar surface area (TPSA) is 95.9 Å². The summed E-state index contributed by atoms with van der Waals surface area (Å²) in [7, 11) is 0. The lowest BCUT2D eigenvalue weighted by atomic mass is 10.1. The van der Waals surface area contributed by atoms with Crippen molar-refractivity contribution in [1.29, 1.82) is 0 Å². The molecule has 1 aliphatic rings. The molecule has 0 radical (unpaired) electrons. The van der Waals surface area contributed by atoms with Crippen molar-refractivity contribution >= 4 is 17.9 Å². The lowest BCUT2D eigenvalue weighted by Crippen LogP contribution is -2.53. The molecule has 2 unspecified atom stereocenters. The highest BCUT2D eigenvalue weighted by Crippen LogP contribution is 2.18. The fourth-order valence-electron chi connectivity index (χ4n) is 3.09. The highest BCUT2D eigenvalue weighted by Gasteiger charge is 2.30. The number of carbonyl (C=O) groups excluding carboxylic acids is 1. The van der Waals surface area contributed by atoms with Crippen molar-refractivity contribution in [1.82, 2.24) is 14.9 Å². The van der Waals surface area contributed by atoms with E-state index in [4.69, 9.17) is 9.84 Å². The van der Waals surface area contributed by atoms with E-state index in [2.05, 4.69) is 9.97 Å². The van der Waals surface area contributed by atoms with Crippen LogP contribution in [-0.2, 0) is 11.3 Å². The molecule has 3 rings (SSSR count). The Hall–Kier alpha value is -3.00. The molecule has 2 aromatic rings. The Morgan fingerprint density at radius 2 is 1.74 bits per heavy atom. The Morgan fingerprint density at radius 3 is 2.30 bits per heavy atom. The first-order valence-electron chi connectivity index (χ1n) is 8.75. The van der Waals surface area contributed by atoms with Crippen molar-refractivity contribution in [3.05, 3.63) is 53.9 Å². The average Bonchev–Trinajstić information content (AvgIpc) is 2.66. The van der Waals surface area contributed by atoms with E-state index in [1.54, 1.807) is 35.5 Å². The summed E-state index contributed by atoms with van der Waals surface area (Å²) in [6.45, 7) is 5.09. The first-order chi connectivity index (χ1) is 12.9. The van der Waals surface area contributed by atoms with Crippen molar-refractivity contribution in [3.63, 3.8) is 0 Å². The molecule has 142 valence electrons. The minimum absolute atomic E-state index is 0.0499. The SMILES string of the molecule is CC1CN(C(=O)N(Cc2ccc(C(=O)O)cc2)c2ncccn2)CC(C)O1. The van der Waals surface area contributed by atoms with Gasteiger partial charge in [0.1, 0.15) is 0 Å². The molecular formula is C19H22N4O4. The number of carboxylic acid groups (broad SMARTS) is 1. The highest BCUT2D eigenvalue weighted by molar-refractivity contribution is 5.90. The van der Waals surface area contributed by atoms with Gasteiger partial charge >= 0.3 is 12.0 Å². The van der Waals surface area contributed by atoms with E-state index in [0.717, 1.165) is 5.56 Å². The minimum Gasteiger partial charge on any atom is -0.478 e. The first-order valence-corrected chi connectivity index (χ1v) is 8.75. The lowest BCUT2D eigenvalue weighted by Gasteiger charge is -2.37. The van der Waals surface area contributed by atoms with E-state index in [1.807, 2.05) is 13.8 Å². The van der Waals surface area contributed by atoms with Crippen LogP contribution in [-0.4, -0.2) is 57.3 Å². The molecule has 0 spiro atoms. The normalized spacial score (nSPS) is 19.6. The smallest absolute Gasteiger partial charge is 0.335 e. The number of hydrogen-bond acceptors (Lipinski definition) is 5. The Morgan fingerprint density at radius 1 is 1.15 bits per heavy atom. The van der Waals surface area contributed by atoms with Gasteiger partial charge in [-0.1, -0.05) is 12.1 Å². The van der Waals surface area contributed by atoms with Gasteiger partial charge in [0.25, 0.3) is 0 Å². The van der Waals surface area contributed by atoms with Crippen molar-refractivity contribution in [3.8, 4) is 0 Å². The van der Waals surface area contributed by atoms with Gasteiger partial charge in [-0.3, -0.25) is 4.90 Å². The molecule has 2 amide bonds. The van der Waals surface area contributed by atoms with Crippen LogP contribution in [0.5, 0.6) is 0 Å². The molecule has 1 aromatic heterocycles. The molecule has 0 bridgehead atoms. The molecule has 27 heavy (non-hydrogen) atoms. The summed E-state index contributed by atoms with van der Waals surface area (Å²) in [4.78, 5) is 35.9. The summed E-state index contributed by atoms with van der Waals surface area (Å²) in [6, 6.07) is 7.91. The Bertz CT molecular complexity index is 787. The van der Waals surface area contributed by atoms with Gasteiger partial charge < -0.3 is 14.7 Å². The van der Waals surface area contributed by atoms with Crippen LogP contribution >= 0.6 is 0 Å². The molecule has 1 aliphatic heterocycles. The van der Waals surface area contributed by atoms with Crippen molar-refractivity contribution < 1.29 is 19.4 Å². The highest BCUT2D eigenvalue weighted by atomic mass is 16.5. The van der Waals surface area contributed by atoms with Crippen LogP contribution in [0.2, 0.25) is 0 Å². The van der Waals surface area contributed by atoms with E-state index >= 15 is 0 Å². The summed E-state index contributed by atoms with van der Waals surface area (Å²) < 4.78 is 5.71. The maximum Gasteiger partial charge on any atom is 0.335 e. The summed E-state index contributed by atoms with van der Waals surface area (Å²) in [5.41, 5.74) is 0.985. The predicted octanol–water partition coefficient (Wildman–Crippen LogP) is 2.41. The van der Waals surface area contributed by atoms with Crippen LogP contribution in [0.15, 0.2) is 42.7 Å². The number of anilines is 1. The zero-order valence-electron chi connectivity index (χ0n) is 15.3. The fourth-order valence-corrected chi connectivity index (χ4v) is 3.09. The van der Waals surface area contributed by atoms with Crippen LogP contribution in [0.4, 0.5) is 10.7 Å². The summed E-state index contributed by atoms with van der Waals surface area (Å²) >= 11 is 0. The standard InChI is InChI=1S/C19H22N4O4/c1-13-10-22(11-14(2)27-13)19(26)23(18-20-8-3-9-21-18)12-15-4-6-16(7-5-15)17(24)25/h3-9,13-14H,10-12H2,1-2H3,(H,24,25). The average molecular weight is 370 g/mol. The maximum atomic E-state index is 13.2. The van der Waals surface area contributed by atoms with Crippen molar-refractivity contribution in [2.75, 3.05) is 18.0 Å². The zero-order valence-corrected chi connectivity index (χ0v) is 15.3. The van der Waals surface area contributed by atoms with E-state index in [1.165, 1.54) is 17.0 Å². The van der Waals surface area contributed by atoms with Gasteiger partial charge in [-0.2, -0.15) is 0 Å². The van der Waals surface area contributed by atoms with Gasteiger partial charge in [-0.25, -0.2) is 19.6 Å². The molecule has 1 aromatic carbocycles. The summed E-state index contributed by atoms with van der Waals surface area (Å²) in [5, 5.41) is 9.04. The Balaban J connectivity index is 1.85. The van der Waals surface area contributed by atoms with E-state index in [9.17, 15) is 9.59 Å². The van der Waals surface area contributed by atoms with Gasteiger partial charge in [0.2, 0.25) is 5.95 Å². The van der Waals surface area contributed by atoms with Crippen molar-refractivity contribution in [2.24, 2.45) is 0 Å². The van der Waals surface area contributed by atoms with Gasteiger partial charge in [0.15, 0.2) is 0 Å². The van der Waals surface area contributed by atoms with Crippen LogP contribution in [0, 0.1) is 0 Å². The van der Waals surface area contributed by atoms with Gasteiger partial charge in [0.05, 0.1) is 24.3 Å². The van der Waals surface area contributed by atoms with Crippen LogP contribution in [0.1, 0.15) is 29.8 Å². The molecule has 0 aliphatic carbocycles. The third-order valence-electron chi connectivity index (χ3n) is 4.26. The number of hydrogen-bond donors (Lipinski definition) is 1. The zero-order chi connectivity index (χ0) is 19.4. The largest absolute Gasteiger partial charge is 0.478 e. The number of aromatic carboxylic acids is 1. The van der Waals surface area contributed by atoms with Gasteiger partial charge in [-0.15, -0.1) is 0 Å². The number of benzene rings is 1. The second kappa shape index (κ2) is 8.13. The number of rotatable bonds is 4. The number of aromatic nitrogens is 2. The molecule has 2 atom stereocenters. The van der Waals surface area contributed by atoms with E-state index in [-0.39, 0.29) is 30.3 Å². The van der Waals surface area contributed by atoms with E-state index < -0.39 is 5.97 Å². The second-order valence-corrected chi connectivity index (χ2v) is 6.58. The number of carboxylic acids is 1. The lowest BCUT2D eigenvalue weighted by molar-refractivity contribution is -0.0538. The quantitative estimate of drug-likeness (QED) is 0.888. The van der Waals surface area contributed by atoms with Gasteiger partial charge in [-0.05, 0) is 37.6 Å². The predicted molar refractivity (Wildman–Crippen MR) is 98.6 cm³/mol. The third-order valence-corrected chi connectivity index (χ3v) is 4.26. The first kappa shape index (κ1) is 18.8. The van der Waals surface area contributed by atoms with Crippen LogP contribution < -0.4 is 4.90 Å². The maximum absolute atomic E-state index is 13.2. The molecule has 1 saturated heterocycles. The molecule has 0 saturated carbocycles.